The Hall–Kier alpha value is -3.08. The third kappa shape index (κ3) is 3.45. The van der Waals surface area contributed by atoms with E-state index in [1.165, 1.54) is 6.07 Å². The molecule has 4 rings (SSSR count). The van der Waals surface area contributed by atoms with E-state index in [4.69, 9.17) is 5.10 Å². The van der Waals surface area contributed by atoms with Gasteiger partial charge in [0.05, 0.1) is 23.0 Å². The molecule has 0 saturated heterocycles. The highest BCUT2D eigenvalue weighted by Crippen LogP contribution is 2.42. The number of hydrogen-bond acceptors (Lipinski definition) is 2. The van der Waals surface area contributed by atoms with Gasteiger partial charge in [0.2, 0.25) is 0 Å². The second kappa shape index (κ2) is 6.91. The lowest BCUT2D eigenvalue weighted by Crippen LogP contribution is -2.22. The first-order valence-corrected chi connectivity index (χ1v) is 8.67. The molecule has 0 radical (unpaired) electrons. The second-order valence-electron chi connectivity index (χ2n) is 6.40. The summed E-state index contributed by atoms with van der Waals surface area (Å²) >= 11 is 0. The van der Waals surface area contributed by atoms with Gasteiger partial charge in [0.25, 0.3) is 0 Å². The first-order valence-electron chi connectivity index (χ1n) is 8.67. The fraction of sp³-hybridized carbons (Fsp3) is 0.136. The number of halogens is 3. The molecule has 1 aliphatic rings. The maximum absolute atomic E-state index is 13.6. The topological polar surface area (TPSA) is 15.6 Å². The third-order valence-electron chi connectivity index (χ3n) is 4.66. The molecule has 3 aromatic carbocycles. The lowest BCUT2D eigenvalue weighted by atomic mass is 9.94. The van der Waals surface area contributed by atoms with Gasteiger partial charge in [-0.25, -0.2) is 0 Å². The van der Waals surface area contributed by atoms with Crippen molar-refractivity contribution in [2.24, 2.45) is 5.10 Å². The molecule has 0 saturated carbocycles. The predicted octanol–water partition coefficient (Wildman–Crippen LogP) is 6.06. The number of hydrazone groups is 1. The molecule has 1 unspecified atom stereocenters. The van der Waals surface area contributed by atoms with Crippen molar-refractivity contribution in [1.82, 2.24) is 0 Å². The number of hydrogen-bond donors (Lipinski definition) is 0. The number of benzene rings is 3. The van der Waals surface area contributed by atoms with Crippen molar-refractivity contribution < 1.29 is 13.2 Å². The minimum atomic E-state index is -4.41. The summed E-state index contributed by atoms with van der Waals surface area (Å²) in [6.45, 7) is 0. The monoisotopic (exact) mass is 366 g/mol. The molecule has 0 N–H and O–H groups in total. The van der Waals surface area contributed by atoms with E-state index in [0.29, 0.717) is 6.42 Å². The predicted molar refractivity (Wildman–Crippen MR) is 101 cm³/mol. The van der Waals surface area contributed by atoms with Crippen molar-refractivity contribution >= 4 is 11.4 Å². The average molecular weight is 366 g/mol. The number of rotatable bonds is 3. The van der Waals surface area contributed by atoms with Gasteiger partial charge in [-0.1, -0.05) is 66.7 Å². The van der Waals surface area contributed by atoms with Crippen LogP contribution in [-0.4, -0.2) is 5.71 Å². The SMILES string of the molecule is FC(F)(F)c1ccccc1C1CC(c2ccccc2)=NN1c1ccccc1. The van der Waals surface area contributed by atoms with Gasteiger partial charge in [0.1, 0.15) is 0 Å². The molecule has 27 heavy (non-hydrogen) atoms. The number of para-hydroxylation sites is 1. The Bertz CT molecular complexity index is 950. The van der Waals surface area contributed by atoms with Crippen molar-refractivity contribution in [2.45, 2.75) is 18.6 Å². The van der Waals surface area contributed by atoms with Gasteiger partial charge >= 0.3 is 6.18 Å². The molecule has 0 amide bonds. The lowest BCUT2D eigenvalue weighted by Gasteiger charge is -2.26. The highest BCUT2D eigenvalue weighted by molar-refractivity contribution is 6.03. The van der Waals surface area contributed by atoms with Crippen molar-refractivity contribution in [3.8, 4) is 0 Å². The van der Waals surface area contributed by atoms with Gasteiger partial charge in [-0.2, -0.15) is 18.3 Å². The minimum absolute atomic E-state index is 0.239. The third-order valence-corrected chi connectivity index (χ3v) is 4.66. The molecule has 0 bridgehead atoms. The zero-order chi connectivity index (χ0) is 18.9. The van der Waals surface area contributed by atoms with Gasteiger partial charge < -0.3 is 0 Å². The quantitative estimate of drug-likeness (QED) is 0.550. The Morgan fingerprint density at radius 1 is 0.778 bits per heavy atom. The fourth-order valence-electron chi connectivity index (χ4n) is 3.42. The van der Waals surface area contributed by atoms with Crippen LogP contribution < -0.4 is 5.01 Å². The average Bonchev–Trinajstić information content (AvgIpc) is 3.14. The molecule has 1 atom stereocenters. The van der Waals surface area contributed by atoms with Crippen LogP contribution >= 0.6 is 0 Å². The molecule has 0 spiro atoms. The molecule has 136 valence electrons. The zero-order valence-corrected chi connectivity index (χ0v) is 14.4. The molecule has 2 nitrogen and oxygen atoms in total. The largest absolute Gasteiger partial charge is 0.416 e. The second-order valence-corrected chi connectivity index (χ2v) is 6.40. The van der Waals surface area contributed by atoms with Crippen molar-refractivity contribution in [1.29, 1.82) is 0 Å². The van der Waals surface area contributed by atoms with E-state index in [0.717, 1.165) is 23.0 Å². The van der Waals surface area contributed by atoms with E-state index in [-0.39, 0.29) is 5.56 Å². The molecule has 1 aliphatic heterocycles. The summed E-state index contributed by atoms with van der Waals surface area (Å²) in [5.74, 6) is 0. The fourth-order valence-corrected chi connectivity index (χ4v) is 3.42. The Labute approximate surface area is 155 Å². The highest BCUT2D eigenvalue weighted by Gasteiger charge is 2.39. The first kappa shape index (κ1) is 17.3. The standard InChI is InChI=1S/C22H17F3N2/c23-22(24,25)19-14-8-7-13-18(19)21-15-20(16-9-3-1-4-10-16)26-27(21)17-11-5-2-6-12-17/h1-14,21H,15H2. The van der Waals surface area contributed by atoms with Gasteiger partial charge in [0, 0.05) is 6.42 Å². The summed E-state index contributed by atoms with van der Waals surface area (Å²) in [6, 6.07) is 24.1. The summed E-state index contributed by atoms with van der Waals surface area (Å²) in [7, 11) is 0. The molecule has 1 heterocycles. The van der Waals surface area contributed by atoms with Gasteiger partial charge in [-0.15, -0.1) is 0 Å². The van der Waals surface area contributed by atoms with Crippen LogP contribution in [-0.2, 0) is 6.18 Å². The maximum Gasteiger partial charge on any atom is 0.416 e. The van der Waals surface area contributed by atoms with E-state index in [1.807, 2.05) is 60.7 Å². The molecular weight excluding hydrogens is 349 g/mol. The van der Waals surface area contributed by atoms with Crippen LogP contribution in [0.15, 0.2) is 90.0 Å². The lowest BCUT2D eigenvalue weighted by molar-refractivity contribution is -0.138. The Morgan fingerprint density at radius 3 is 2.04 bits per heavy atom. The maximum atomic E-state index is 13.6. The van der Waals surface area contributed by atoms with E-state index in [1.54, 1.807) is 17.1 Å². The van der Waals surface area contributed by atoms with Crippen LogP contribution in [0, 0.1) is 0 Å². The highest BCUT2D eigenvalue weighted by atomic mass is 19.4. The van der Waals surface area contributed by atoms with E-state index in [2.05, 4.69) is 0 Å². The van der Waals surface area contributed by atoms with E-state index < -0.39 is 17.8 Å². The number of alkyl halides is 3. The minimum Gasteiger partial charge on any atom is -0.257 e. The van der Waals surface area contributed by atoms with Crippen LogP contribution in [0.1, 0.15) is 29.2 Å². The van der Waals surface area contributed by atoms with Crippen molar-refractivity contribution in [2.75, 3.05) is 5.01 Å². The molecule has 0 aromatic heterocycles. The van der Waals surface area contributed by atoms with Gasteiger partial charge in [-0.3, -0.25) is 5.01 Å². The smallest absolute Gasteiger partial charge is 0.257 e. The first-order chi connectivity index (χ1) is 13.0. The van der Waals surface area contributed by atoms with Gasteiger partial charge in [-0.05, 0) is 29.3 Å². The van der Waals surface area contributed by atoms with Crippen LogP contribution in [0.5, 0.6) is 0 Å². The van der Waals surface area contributed by atoms with Crippen LogP contribution in [0.2, 0.25) is 0 Å². The Kier molecular flexibility index (Phi) is 4.44. The summed E-state index contributed by atoms with van der Waals surface area (Å²) in [5, 5.41) is 6.39. The van der Waals surface area contributed by atoms with Crippen LogP contribution in [0.3, 0.4) is 0 Å². The number of nitrogens with zero attached hydrogens (tertiary/aromatic N) is 2. The molecule has 5 heteroatoms. The molecule has 0 aliphatic carbocycles. The zero-order valence-electron chi connectivity index (χ0n) is 14.4. The summed E-state index contributed by atoms with van der Waals surface area (Å²) in [4.78, 5) is 0. The van der Waals surface area contributed by atoms with Gasteiger partial charge in [0.15, 0.2) is 0 Å². The Morgan fingerprint density at radius 2 is 1.37 bits per heavy atom. The van der Waals surface area contributed by atoms with Crippen LogP contribution in [0.4, 0.5) is 18.9 Å². The van der Waals surface area contributed by atoms with Crippen molar-refractivity contribution in [3.63, 3.8) is 0 Å². The summed E-state index contributed by atoms with van der Waals surface area (Å²) < 4.78 is 40.8. The molecule has 0 fully saturated rings. The van der Waals surface area contributed by atoms with E-state index in [9.17, 15) is 13.2 Å². The number of anilines is 1. The van der Waals surface area contributed by atoms with Crippen LogP contribution in [0.25, 0.3) is 0 Å². The molecular formula is C22H17F3N2. The van der Waals surface area contributed by atoms with Crippen molar-refractivity contribution in [3.05, 3.63) is 102 Å². The van der Waals surface area contributed by atoms with E-state index >= 15 is 0 Å². The summed E-state index contributed by atoms with van der Waals surface area (Å²) in [5.41, 5.74) is 2.10. The normalized spacial score (nSPS) is 17.1. The Balaban J connectivity index is 1.81. The molecule has 3 aromatic rings. The summed E-state index contributed by atoms with van der Waals surface area (Å²) in [6.07, 6.45) is -4.00.